The number of fused-ring (bicyclic) bond motifs is 1. The summed E-state index contributed by atoms with van der Waals surface area (Å²) in [4.78, 5) is 16.5. The highest BCUT2D eigenvalue weighted by Gasteiger charge is 2.13. The second-order valence-corrected chi connectivity index (χ2v) is 6.73. The molecule has 5 rings (SSSR count). The van der Waals surface area contributed by atoms with E-state index in [1.165, 1.54) is 6.07 Å². The zero-order valence-corrected chi connectivity index (χ0v) is 15.5. The third-order valence-electron chi connectivity index (χ3n) is 4.74. The van der Waals surface area contributed by atoms with E-state index in [2.05, 4.69) is 25.3 Å². The van der Waals surface area contributed by atoms with Gasteiger partial charge in [-0.15, -0.1) is 0 Å². The van der Waals surface area contributed by atoms with Crippen LogP contribution < -0.4 is 10.1 Å². The smallest absolute Gasteiger partial charge is 0.165 e. The summed E-state index contributed by atoms with van der Waals surface area (Å²) in [7, 11) is 0. The number of rotatable bonds is 5. The standard InChI is InChI=1S/C22H18FN5O/c23-17-11-14(5-7-20(17)29-13-16-3-1-2-8-24-16)22-27-18-6-4-15(12-19(18)28-22)21-25-9-10-26-21/h1-8,11-12H,9-10,13H2,(H,25,26)(H,27,28). The largest absolute Gasteiger partial charge is 0.484 e. The number of hydrogen-bond acceptors (Lipinski definition) is 5. The van der Waals surface area contributed by atoms with E-state index in [0.29, 0.717) is 11.4 Å². The summed E-state index contributed by atoms with van der Waals surface area (Å²) in [6.45, 7) is 1.85. The lowest BCUT2D eigenvalue weighted by molar-refractivity contribution is 0.286. The lowest BCUT2D eigenvalue weighted by atomic mass is 10.2. The van der Waals surface area contributed by atoms with Gasteiger partial charge >= 0.3 is 0 Å². The number of pyridine rings is 1. The van der Waals surface area contributed by atoms with Gasteiger partial charge in [0.05, 0.1) is 23.3 Å². The van der Waals surface area contributed by atoms with E-state index in [-0.39, 0.29) is 12.4 Å². The fraction of sp³-hybridized carbons (Fsp3) is 0.136. The highest BCUT2D eigenvalue weighted by atomic mass is 19.1. The van der Waals surface area contributed by atoms with Gasteiger partial charge < -0.3 is 15.0 Å². The van der Waals surface area contributed by atoms with E-state index in [0.717, 1.165) is 41.2 Å². The summed E-state index contributed by atoms with van der Waals surface area (Å²) in [6, 6.07) is 16.3. The third-order valence-corrected chi connectivity index (χ3v) is 4.74. The first kappa shape index (κ1) is 17.4. The molecule has 6 nitrogen and oxygen atoms in total. The minimum atomic E-state index is -0.441. The van der Waals surface area contributed by atoms with Gasteiger partial charge in [0.2, 0.25) is 0 Å². The van der Waals surface area contributed by atoms with Crippen molar-refractivity contribution in [3.8, 4) is 17.1 Å². The van der Waals surface area contributed by atoms with Gasteiger partial charge in [0, 0.05) is 23.9 Å². The number of hydrogen-bond donors (Lipinski definition) is 2. The Labute approximate surface area is 166 Å². The second kappa shape index (κ2) is 7.35. The zero-order valence-electron chi connectivity index (χ0n) is 15.5. The number of halogens is 1. The molecule has 0 aliphatic carbocycles. The maximum Gasteiger partial charge on any atom is 0.165 e. The van der Waals surface area contributed by atoms with Crippen LogP contribution in [0.25, 0.3) is 22.4 Å². The van der Waals surface area contributed by atoms with Crippen molar-refractivity contribution in [3.63, 3.8) is 0 Å². The molecule has 144 valence electrons. The second-order valence-electron chi connectivity index (χ2n) is 6.73. The van der Waals surface area contributed by atoms with Crippen molar-refractivity contribution in [2.75, 3.05) is 13.1 Å². The number of H-pyrrole nitrogens is 1. The molecular weight excluding hydrogens is 369 g/mol. The molecule has 29 heavy (non-hydrogen) atoms. The average molecular weight is 387 g/mol. The van der Waals surface area contributed by atoms with E-state index >= 15 is 0 Å². The summed E-state index contributed by atoms with van der Waals surface area (Å²) < 4.78 is 20.1. The number of ether oxygens (including phenoxy) is 1. The van der Waals surface area contributed by atoms with E-state index in [4.69, 9.17) is 4.74 Å². The number of aromatic nitrogens is 3. The van der Waals surface area contributed by atoms with Gasteiger partial charge in [-0.2, -0.15) is 0 Å². The molecule has 3 heterocycles. The highest BCUT2D eigenvalue weighted by molar-refractivity contribution is 6.02. The predicted octanol–water partition coefficient (Wildman–Crippen LogP) is 3.69. The normalized spacial score (nSPS) is 13.3. The first-order valence-corrected chi connectivity index (χ1v) is 9.37. The minimum absolute atomic E-state index is 0.183. The van der Waals surface area contributed by atoms with Crippen LogP contribution in [0.15, 0.2) is 65.8 Å². The molecule has 2 N–H and O–H groups in total. The van der Waals surface area contributed by atoms with Crippen LogP contribution in [0.5, 0.6) is 5.75 Å². The predicted molar refractivity (Wildman–Crippen MR) is 109 cm³/mol. The fourth-order valence-electron chi connectivity index (χ4n) is 3.29. The summed E-state index contributed by atoms with van der Waals surface area (Å²) in [5, 5.41) is 3.26. The number of imidazole rings is 1. The number of benzene rings is 2. The van der Waals surface area contributed by atoms with Crippen LogP contribution in [-0.4, -0.2) is 33.9 Å². The van der Waals surface area contributed by atoms with Crippen molar-refractivity contribution in [1.29, 1.82) is 0 Å². The highest BCUT2D eigenvalue weighted by Crippen LogP contribution is 2.26. The summed E-state index contributed by atoms with van der Waals surface area (Å²) >= 11 is 0. The van der Waals surface area contributed by atoms with E-state index in [1.54, 1.807) is 18.3 Å². The van der Waals surface area contributed by atoms with Crippen molar-refractivity contribution in [3.05, 3.63) is 77.9 Å². The van der Waals surface area contributed by atoms with Crippen LogP contribution in [0.1, 0.15) is 11.3 Å². The minimum Gasteiger partial charge on any atom is -0.484 e. The van der Waals surface area contributed by atoms with Gasteiger partial charge in [-0.05, 0) is 48.5 Å². The molecule has 0 saturated heterocycles. The van der Waals surface area contributed by atoms with Gasteiger partial charge in [-0.3, -0.25) is 9.98 Å². The van der Waals surface area contributed by atoms with Gasteiger partial charge in [-0.1, -0.05) is 6.07 Å². The average Bonchev–Trinajstić information content (AvgIpc) is 3.43. The molecular formula is C22H18FN5O. The topological polar surface area (TPSA) is 75.2 Å². The molecule has 0 saturated carbocycles. The van der Waals surface area contributed by atoms with Crippen LogP contribution in [0.3, 0.4) is 0 Å². The van der Waals surface area contributed by atoms with Crippen LogP contribution in [-0.2, 0) is 6.61 Å². The monoisotopic (exact) mass is 387 g/mol. The first-order valence-electron chi connectivity index (χ1n) is 9.37. The molecule has 2 aromatic heterocycles. The van der Waals surface area contributed by atoms with Gasteiger partial charge in [-0.25, -0.2) is 9.37 Å². The van der Waals surface area contributed by atoms with Gasteiger partial charge in [0.1, 0.15) is 18.3 Å². The molecule has 4 aromatic rings. The molecule has 0 amide bonds. The lowest BCUT2D eigenvalue weighted by Crippen LogP contribution is -2.19. The zero-order chi connectivity index (χ0) is 19.6. The number of amidine groups is 1. The first-order chi connectivity index (χ1) is 14.3. The molecule has 7 heteroatoms. The van der Waals surface area contributed by atoms with Crippen LogP contribution in [0, 0.1) is 5.82 Å². The molecule has 0 fully saturated rings. The molecule has 0 spiro atoms. The number of aromatic amines is 1. The van der Waals surface area contributed by atoms with Crippen molar-refractivity contribution < 1.29 is 9.13 Å². The van der Waals surface area contributed by atoms with Crippen LogP contribution >= 0.6 is 0 Å². The Hall–Kier alpha value is -3.74. The van der Waals surface area contributed by atoms with E-state index < -0.39 is 5.82 Å². The van der Waals surface area contributed by atoms with Gasteiger partial charge in [0.25, 0.3) is 0 Å². The Bertz CT molecular complexity index is 1200. The molecule has 2 aromatic carbocycles. The Morgan fingerprint density at radius 3 is 2.76 bits per heavy atom. The van der Waals surface area contributed by atoms with E-state index in [1.807, 2.05) is 36.4 Å². The summed E-state index contributed by atoms with van der Waals surface area (Å²) in [5.41, 5.74) is 4.10. The summed E-state index contributed by atoms with van der Waals surface area (Å²) in [5.74, 6) is 1.24. The van der Waals surface area contributed by atoms with Crippen LogP contribution in [0.2, 0.25) is 0 Å². The van der Waals surface area contributed by atoms with Gasteiger partial charge in [0.15, 0.2) is 11.6 Å². The Kier molecular flexibility index (Phi) is 4.40. The molecule has 0 bridgehead atoms. The molecule has 0 atom stereocenters. The third kappa shape index (κ3) is 3.54. The fourth-order valence-corrected chi connectivity index (χ4v) is 3.29. The van der Waals surface area contributed by atoms with Crippen LogP contribution in [0.4, 0.5) is 4.39 Å². The SMILES string of the molecule is Fc1cc(-c2nc3ccc(C4=NCCN4)cc3[nH]2)ccc1OCc1ccccn1. The molecule has 1 aliphatic rings. The number of aliphatic imine (C=N–C) groups is 1. The quantitative estimate of drug-likeness (QED) is 0.548. The Morgan fingerprint density at radius 1 is 1.03 bits per heavy atom. The number of nitrogens with zero attached hydrogens (tertiary/aromatic N) is 3. The summed E-state index contributed by atoms with van der Waals surface area (Å²) in [6.07, 6.45) is 1.68. The van der Waals surface area contributed by atoms with Crippen molar-refractivity contribution in [2.24, 2.45) is 4.99 Å². The van der Waals surface area contributed by atoms with Crippen molar-refractivity contribution in [1.82, 2.24) is 20.3 Å². The molecule has 1 aliphatic heterocycles. The Balaban J connectivity index is 1.38. The molecule has 0 radical (unpaired) electrons. The Morgan fingerprint density at radius 2 is 1.97 bits per heavy atom. The maximum atomic E-state index is 14.6. The maximum absolute atomic E-state index is 14.6. The molecule has 0 unspecified atom stereocenters. The van der Waals surface area contributed by atoms with Crippen molar-refractivity contribution in [2.45, 2.75) is 6.61 Å². The lowest BCUT2D eigenvalue weighted by Gasteiger charge is -2.07. The van der Waals surface area contributed by atoms with E-state index in [9.17, 15) is 4.39 Å². The van der Waals surface area contributed by atoms with Crippen molar-refractivity contribution >= 4 is 16.9 Å². The number of nitrogens with one attached hydrogen (secondary N) is 2.